The molecule has 144 valence electrons. The Balaban J connectivity index is 1.77. The summed E-state index contributed by atoms with van der Waals surface area (Å²) >= 11 is 0. The van der Waals surface area contributed by atoms with Crippen molar-refractivity contribution in [1.29, 1.82) is 0 Å². The van der Waals surface area contributed by atoms with Gasteiger partial charge in [0.05, 0.1) is 17.6 Å². The number of urea groups is 1. The number of nitrogens with zero attached hydrogens (tertiary/aromatic N) is 4. The summed E-state index contributed by atoms with van der Waals surface area (Å²) in [4.78, 5) is 46.5. The quantitative estimate of drug-likeness (QED) is 0.550. The van der Waals surface area contributed by atoms with E-state index in [1.54, 1.807) is 12.4 Å². The van der Waals surface area contributed by atoms with Gasteiger partial charge in [-0.1, -0.05) is 0 Å². The first kappa shape index (κ1) is 18.3. The predicted molar refractivity (Wildman–Crippen MR) is 106 cm³/mol. The summed E-state index contributed by atoms with van der Waals surface area (Å²) in [5.74, 6) is -1.41. The molecule has 0 unspecified atom stereocenters. The molecular formula is C21H17N5O3. The van der Waals surface area contributed by atoms with Gasteiger partial charge >= 0.3 is 6.03 Å². The van der Waals surface area contributed by atoms with Crippen LogP contribution in [0, 0.1) is 13.8 Å². The van der Waals surface area contributed by atoms with E-state index in [-0.39, 0.29) is 5.57 Å². The summed E-state index contributed by atoms with van der Waals surface area (Å²) in [6, 6.07) is 7.90. The fourth-order valence-corrected chi connectivity index (χ4v) is 3.36. The van der Waals surface area contributed by atoms with Gasteiger partial charge in [-0.15, -0.1) is 0 Å². The minimum atomic E-state index is -0.788. The standard InChI is InChI=1S/C21H17N5O3/c1-13-10-15(14(2)25(13)17-4-3-7-23-12-17)11-18-19(27)24-21(29)26(20(18)28)16-5-8-22-9-6-16/h3-12H,1-2H3,(H,24,27,29)/b18-11+. The first-order valence-electron chi connectivity index (χ1n) is 8.88. The van der Waals surface area contributed by atoms with Crippen LogP contribution in [0.5, 0.6) is 0 Å². The minimum Gasteiger partial charge on any atom is -0.316 e. The lowest BCUT2D eigenvalue weighted by Crippen LogP contribution is -2.54. The maximum absolute atomic E-state index is 13.0. The second-order valence-corrected chi connectivity index (χ2v) is 6.54. The van der Waals surface area contributed by atoms with Crippen LogP contribution in [0.3, 0.4) is 0 Å². The molecule has 29 heavy (non-hydrogen) atoms. The summed E-state index contributed by atoms with van der Waals surface area (Å²) < 4.78 is 1.98. The Bertz CT molecular complexity index is 1150. The number of carbonyl (C=O) groups is 3. The van der Waals surface area contributed by atoms with Crippen LogP contribution in [-0.4, -0.2) is 32.4 Å². The summed E-state index contributed by atoms with van der Waals surface area (Å²) in [5.41, 5.74) is 3.56. The van der Waals surface area contributed by atoms with Crippen LogP contribution in [-0.2, 0) is 9.59 Å². The molecule has 0 atom stereocenters. The summed E-state index contributed by atoms with van der Waals surface area (Å²) in [7, 11) is 0. The van der Waals surface area contributed by atoms with Crippen LogP contribution in [0.4, 0.5) is 10.5 Å². The Labute approximate surface area is 166 Å². The molecule has 4 rings (SSSR count). The summed E-state index contributed by atoms with van der Waals surface area (Å²) in [6.07, 6.45) is 7.87. The SMILES string of the molecule is Cc1cc(/C=C2\C(=O)NC(=O)N(c3ccncc3)C2=O)c(C)n1-c1cccnc1. The molecule has 8 heteroatoms. The van der Waals surface area contributed by atoms with Gasteiger partial charge in [0.25, 0.3) is 11.8 Å². The highest BCUT2D eigenvalue weighted by atomic mass is 16.2. The fourth-order valence-electron chi connectivity index (χ4n) is 3.36. The second-order valence-electron chi connectivity index (χ2n) is 6.54. The smallest absolute Gasteiger partial charge is 0.316 e. The highest BCUT2D eigenvalue weighted by Gasteiger charge is 2.37. The molecule has 8 nitrogen and oxygen atoms in total. The van der Waals surface area contributed by atoms with Crippen LogP contribution in [0.2, 0.25) is 0 Å². The minimum absolute atomic E-state index is 0.118. The topological polar surface area (TPSA) is 97.2 Å². The Hall–Kier alpha value is -4.07. The third kappa shape index (κ3) is 3.20. The van der Waals surface area contributed by atoms with Gasteiger partial charge in [0.15, 0.2) is 0 Å². The van der Waals surface area contributed by atoms with Gasteiger partial charge in [-0.05, 0) is 55.8 Å². The number of aromatic nitrogens is 3. The first-order chi connectivity index (χ1) is 14.0. The molecule has 1 N–H and O–H groups in total. The molecule has 4 amide bonds. The van der Waals surface area contributed by atoms with E-state index in [4.69, 9.17) is 0 Å². The highest BCUT2D eigenvalue weighted by Crippen LogP contribution is 2.25. The molecular weight excluding hydrogens is 370 g/mol. The van der Waals surface area contributed by atoms with Gasteiger partial charge in [-0.3, -0.25) is 24.9 Å². The Morgan fingerprint density at radius 1 is 0.966 bits per heavy atom. The number of imide groups is 2. The van der Waals surface area contributed by atoms with Crippen molar-refractivity contribution in [2.45, 2.75) is 13.8 Å². The van der Waals surface area contributed by atoms with Gasteiger partial charge in [0, 0.05) is 30.0 Å². The number of hydrogen-bond donors (Lipinski definition) is 1. The van der Waals surface area contributed by atoms with Crippen LogP contribution in [0.25, 0.3) is 11.8 Å². The van der Waals surface area contributed by atoms with E-state index in [1.165, 1.54) is 30.6 Å². The summed E-state index contributed by atoms with van der Waals surface area (Å²) in [6.45, 7) is 3.82. The lowest BCUT2D eigenvalue weighted by Gasteiger charge is -2.26. The molecule has 3 aromatic heterocycles. The number of pyridine rings is 2. The molecule has 0 saturated carbocycles. The Kier molecular flexibility index (Phi) is 4.52. The van der Waals surface area contributed by atoms with Crippen molar-refractivity contribution in [1.82, 2.24) is 19.9 Å². The molecule has 1 aliphatic heterocycles. The zero-order valence-electron chi connectivity index (χ0n) is 15.8. The maximum atomic E-state index is 13.0. The van der Waals surface area contributed by atoms with Crippen molar-refractivity contribution in [3.05, 3.63) is 77.6 Å². The predicted octanol–water partition coefficient (Wildman–Crippen LogP) is 2.55. The number of anilines is 1. The number of rotatable bonds is 3. The maximum Gasteiger partial charge on any atom is 0.335 e. The number of nitrogens with one attached hydrogen (secondary N) is 1. The largest absolute Gasteiger partial charge is 0.335 e. The third-order valence-electron chi connectivity index (χ3n) is 4.70. The molecule has 1 saturated heterocycles. The monoisotopic (exact) mass is 387 g/mol. The molecule has 1 aliphatic rings. The Morgan fingerprint density at radius 3 is 2.41 bits per heavy atom. The lowest BCUT2D eigenvalue weighted by molar-refractivity contribution is -0.122. The van der Waals surface area contributed by atoms with E-state index in [9.17, 15) is 14.4 Å². The molecule has 0 spiro atoms. The second kappa shape index (κ2) is 7.16. The van der Waals surface area contributed by atoms with Gasteiger partial charge in [0.1, 0.15) is 5.57 Å². The van der Waals surface area contributed by atoms with Crippen molar-refractivity contribution in [3.8, 4) is 5.69 Å². The van der Waals surface area contributed by atoms with Gasteiger partial charge < -0.3 is 4.57 Å². The fraction of sp³-hybridized carbons (Fsp3) is 0.0952. The zero-order chi connectivity index (χ0) is 20.5. The number of aryl methyl sites for hydroxylation is 1. The number of barbiturate groups is 1. The van der Waals surface area contributed by atoms with Gasteiger partial charge in [-0.2, -0.15) is 0 Å². The van der Waals surface area contributed by atoms with E-state index < -0.39 is 17.8 Å². The molecule has 3 aromatic rings. The highest BCUT2D eigenvalue weighted by molar-refractivity contribution is 6.39. The van der Waals surface area contributed by atoms with Crippen LogP contribution < -0.4 is 10.2 Å². The molecule has 0 bridgehead atoms. The number of carbonyl (C=O) groups excluding carboxylic acids is 3. The zero-order valence-corrected chi connectivity index (χ0v) is 15.8. The van der Waals surface area contributed by atoms with Crippen molar-refractivity contribution >= 4 is 29.6 Å². The lowest BCUT2D eigenvalue weighted by atomic mass is 10.1. The van der Waals surface area contributed by atoms with Crippen LogP contribution in [0.15, 0.2) is 60.7 Å². The van der Waals surface area contributed by atoms with Crippen molar-refractivity contribution in [2.24, 2.45) is 0 Å². The van der Waals surface area contributed by atoms with Crippen molar-refractivity contribution in [3.63, 3.8) is 0 Å². The van der Waals surface area contributed by atoms with Crippen molar-refractivity contribution < 1.29 is 14.4 Å². The molecule has 0 radical (unpaired) electrons. The van der Waals surface area contributed by atoms with Gasteiger partial charge in [-0.25, -0.2) is 9.69 Å². The Morgan fingerprint density at radius 2 is 1.72 bits per heavy atom. The van der Waals surface area contributed by atoms with Gasteiger partial charge in [0.2, 0.25) is 0 Å². The average Bonchev–Trinajstić information content (AvgIpc) is 2.99. The van der Waals surface area contributed by atoms with E-state index in [0.29, 0.717) is 11.3 Å². The van der Waals surface area contributed by atoms with E-state index in [2.05, 4.69) is 15.3 Å². The van der Waals surface area contributed by atoms with E-state index >= 15 is 0 Å². The molecule has 1 fully saturated rings. The van der Waals surface area contributed by atoms with Crippen LogP contribution in [0.1, 0.15) is 17.0 Å². The average molecular weight is 387 g/mol. The van der Waals surface area contributed by atoms with Crippen molar-refractivity contribution in [2.75, 3.05) is 4.90 Å². The molecule has 4 heterocycles. The molecule has 0 aliphatic carbocycles. The van der Waals surface area contributed by atoms with E-state index in [1.807, 2.05) is 36.6 Å². The number of amides is 4. The van der Waals surface area contributed by atoms with E-state index in [0.717, 1.165) is 22.0 Å². The first-order valence-corrected chi connectivity index (χ1v) is 8.88. The third-order valence-corrected chi connectivity index (χ3v) is 4.70. The summed E-state index contributed by atoms with van der Waals surface area (Å²) in [5, 5.41) is 2.22. The normalized spacial score (nSPS) is 15.7. The molecule has 0 aromatic carbocycles. The number of hydrogen-bond acceptors (Lipinski definition) is 5. The van der Waals surface area contributed by atoms with Crippen LogP contribution >= 0.6 is 0 Å².